The van der Waals surface area contributed by atoms with E-state index in [9.17, 15) is 14.7 Å². The van der Waals surface area contributed by atoms with E-state index < -0.39 is 11.4 Å². The number of nitrogens with zero attached hydrogens (tertiary/aromatic N) is 1. The molecule has 2 atom stereocenters. The van der Waals surface area contributed by atoms with Gasteiger partial charge >= 0.3 is 5.97 Å². The summed E-state index contributed by atoms with van der Waals surface area (Å²) >= 11 is 6.11. The molecule has 2 N–H and O–H groups in total. The molecule has 5 nitrogen and oxygen atoms in total. The molecule has 2 unspecified atom stereocenters. The third kappa shape index (κ3) is 2.41. The first kappa shape index (κ1) is 15.9. The van der Waals surface area contributed by atoms with Crippen molar-refractivity contribution in [1.82, 2.24) is 10.3 Å². The van der Waals surface area contributed by atoms with Gasteiger partial charge in [-0.2, -0.15) is 0 Å². The smallest absolute Gasteiger partial charge is 0.309 e. The van der Waals surface area contributed by atoms with Gasteiger partial charge in [-0.15, -0.1) is 0 Å². The Bertz CT molecular complexity index is 704. The summed E-state index contributed by atoms with van der Waals surface area (Å²) in [5.41, 5.74) is 0.611. The number of carbonyl (C=O) groups excluding carboxylic acids is 1. The highest BCUT2D eigenvalue weighted by molar-refractivity contribution is 6.32. The van der Waals surface area contributed by atoms with Gasteiger partial charge in [0.25, 0.3) is 5.91 Å². The van der Waals surface area contributed by atoms with Crippen molar-refractivity contribution in [2.24, 2.45) is 23.2 Å². The molecule has 24 heavy (non-hydrogen) atoms. The van der Waals surface area contributed by atoms with Crippen molar-refractivity contribution in [3.63, 3.8) is 0 Å². The lowest BCUT2D eigenvalue weighted by Gasteiger charge is -2.58. The van der Waals surface area contributed by atoms with E-state index in [0.29, 0.717) is 24.3 Å². The molecule has 4 aliphatic carbocycles. The van der Waals surface area contributed by atoms with Gasteiger partial charge in [-0.05, 0) is 68.9 Å². The Morgan fingerprint density at radius 2 is 1.92 bits per heavy atom. The van der Waals surface area contributed by atoms with E-state index in [2.05, 4.69) is 10.3 Å². The first-order chi connectivity index (χ1) is 11.4. The number of hydrogen-bond donors (Lipinski definition) is 2. The summed E-state index contributed by atoms with van der Waals surface area (Å²) in [6.07, 6.45) is 4.22. The predicted octanol–water partition coefficient (Wildman–Crippen LogP) is 3.05. The summed E-state index contributed by atoms with van der Waals surface area (Å²) < 4.78 is 0. The van der Waals surface area contributed by atoms with Crippen LogP contribution in [0.25, 0.3) is 0 Å². The van der Waals surface area contributed by atoms with E-state index in [0.717, 1.165) is 25.0 Å². The second-order valence-electron chi connectivity index (χ2n) is 7.85. The van der Waals surface area contributed by atoms with Gasteiger partial charge in [0.05, 0.1) is 11.0 Å². The zero-order valence-corrected chi connectivity index (χ0v) is 14.3. The SMILES string of the molecule is Cc1ccc(C(=O)N[C@H]2C3CC4CC2C[C@](C(=O)O)(C4)C3)c(Cl)n1. The second kappa shape index (κ2) is 5.45. The molecule has 5 rings (SSSR count). The molecule has 0 aliphatic heterocycles. The Kier molecular flexibility index (Phi) is 3.60. The van der Waals surface area contributed by atoms with E-state index in [1.807, 2.05) is 6.92 Å². The van der Waals surface area contributed by atoms with Gasteiger partial charge in [-0.3, -0.25) is 9.59 Å². The number of aryl methyl sites for hydroxylation is 1. The number of aliphatic carboxylic acids is 1. The normalized spacial score (nSPS) is 36.6. The van der Waals surface area contributed by atoms with Gasteiger partial charge in [-0.1, -0.05) is 11.6 Å². The van der Waals surface area contributed by atoms with Crippen LogP contribution >= 0.6 is 11.6 Å². The van der Waals surface area contributed by atoms with Gasteiger partial charge < -0.3 is 10.4 Å². The van der Waals surface area contributed by atoms with Crippen molar-refractivity contribution in [3.05, 3.63) is 28.5 Å². The average molecular weight is 349 g/mol. The van der Waals surface area contributed by atoms with Crippen LogP contribution in [0, 0.1) is 30.1 Å². The topological polar surface area (TPSA) is 79.3 Å². The molecule has 0 saturated heterocycles. The Labute approximate surface area is 145 Å². The Balaban J connectivity index is 1.54. The minimum absolute atomic E-state index is 0.0545. The lowest BCUT2D eigenvalue weighted by molar-refractivity contribution is -0.166. The highest BCUT2D eigenvalue weighted by Crippen LogP contribution is 2.60. The summed E-state index contributed by atoms with van der Waals surface area (Å²) in [5, 5.41) is 13.0. The number of amides is 1. The third-order valence-electron chi connectivity index (χ3n) is 6.26. The number of pyridine rings is 1. The minimum atomic E-state index is -0.655. The van der Waals surface area contributed by atoms with Gasteiger partial charge in [0.15, 0.2) is 0 Å². The van der Waals surface area contributed by atoms with E-state index in [4.69, 9.17) is 11.6 Å². The number of carboxylic acids is 1. The van der Waals surface area contributed by atoms with Crippen molar-refractivity contribution in [1.29, 1.82) is 0 Å². The van der Waals surface area contributed by atoms with Crippen molar-refractivity contribution in [2.45, 2.75) is 45.1 Å². The maximum atomic E-state index is 12.6. The summed E-state index contributed by atoms with van der Waals surface area (Å²) in [6, 6.07) is 3.53. The quantitative estimate of drug-likeness (QED) is 0.823. The van der Waals surface area contributed by atoms with Crippen LogP contribution in [0.15, 0.2) is 12.1 Å². The Hall–Kier alpha value is -1.62. The van der Waals surface area contributed by atoms with Crippen LogP contribution in [-0.4, -0.2) is 28.0 Å². The molecule has 0 spiro atoms. The molecule has 1 aromatic rings. The lowest BCUT2D eigenvalue weighted by atomic mass is 9.48. The number of halogens is 1. The van der Waals surface area contributed by atoms with Gasteiger partial charge in [-0.25, -0.2) is 4.98 Å². The maximum absolute atomic E-state index is 12.6. The largest absolute Gasteiger partial charge is 0.481 e. The molecule has 0 radical (unpaired) electrons. The molecular weight excluding hydrogens is 328 g/mol. The van der Waals surface area contributed by atoms with Gasteiger partial charge in [0.1, 0.15) is 5.15 Å². The van der Waals surface area contributed by atoms with Crippen LogP contribution in [0.4, 0.5) is 0 Å². The molecular formula is C18H21ClN2O3. The molecule has 1 heterocycles. The zero-order valence-electron chi connectivity index (χ0n) is 13.6. The fourth-order valence-electron chi connectivity index (χ4n) is 5.45. The lowest BCUT2D eigenvalue weighted by Crippen LogP contribution is -2.61. The molecule has 4 aliphatic rings. The number of hydrogen-bond acceptors (Lipinski definition) is 3. The van der Waals surface area contributed by atoms with Crippen LogP contribution in [-0.2, 0) is 4.79 Å². The second-order valence-corrected chi connectivity index (χ2v) is 8.20. The number of rotatable bonds is 3. The van der Waals surface area contributed by atoms with Crippen LogP contribution in [0.1, 0.15) is 48.2 Å². The molecule has 128 valence electrons. The molecule has 0 aromatic carbocycles. The minimum Gasteiger partial charge on any atom is -0.481 e. The molecule has 1 amide bonds. The summed E-state index contributed by atoms with van der Waals surface area (Å²) in [5.74, 6) is 0.158. The zero-order chi connectivity index (χ0) is 17.1. The monoisotopic (exact) mass is 348 g/mol. The Morgan fingerprint density at radius 1 is 1.25 bits per heavy atom. The predicted molar refractivity (Wildman–Crippen MR) is 88.9 cm³/mol. The number of aromatic nitrogens is 1. The first-order valence-corrected chi connectivity index (χ1v) is 8.93. The van der Waals surface area contributed by atoms with E-state index in [1.54, 1.807) is 12.1 Å². The molecule has 1 aromatic heterocycles. The summed E-state index contributed by atoms with van der Waals surface area (Å²) in [6.45, 7) is 1.83. The Morgan fingerprint density at radius 3 is 2.50 bits per heavy atom. The van der Waals surface area contributed by atoms with Gasteiger partial charge in [0.2, 0.25) is 0 Å². The van der Waals surface area contributed by atoms with E-state index in [-0.39, 0.29) is 28.9 Å². The van der Waals surface area contributed by atoms with E-state index >= 15 is 0 Å². The molecule has 4 bridgehead atoms. The van der Waals surface area contributed by atoms with Gasteiger partial charge in [0, 0.05) is 11.7 Å². The summed E-state index contributed by atoms with van der Waals surface area (Å²) in [7, 11) is 0. The molecule has 4 fully saturated rings. The van der Waals surface area contributed by atoms with E-state index in [1.165, 1.54) is 0 Å². The standard InChI is InChI=1S/C18H21ClN2O3/c1-9-2-3-13(15(19)20-9)16(22)21-14-11-4-10-5-12(14)8-18(6-10,7-11)17(23)24/h2-3,10-12,14H,4-8H2,1H3,(H,21,22)(H,23,24)/t10?,11?,12?,14-,18-. The highest BCUT2D eigenvalue weighted by atomic mass is 35.5. The number of carbonyl (C=O) groups is 2. The molecule has 4 saturated carbocycles. The number of nitrogens with one attached hydrogen (secondary N) is 1. The van der Waals surface area contributed by atoms with Crippen LogP contribution < -0.4 is 5.32 Å². The first-order valence-electron chi connectivity index (χ1n) is 8.55. The van der Waals surface area contributed by atoms with Crippen molar-refractivity contribution in [3.8, 4) is 0 Å². The fraction of sp³-hybridized carbons (Fsp3) is 0.611. The fourth-order valence-corrected chi connectivity index (χ4v) is 5.73. The van der Waals surface area contributed by atoms with Crippen LogP contribution in [0.3, 0.4) is 0 Å². The van der Waals surface area contributed by atoms with Crippen molar-refractivity contribution >= 4 is 23.5 Å². The number of carboxylic acid groups (broad SMARTS) is 1. The van der Waals surface area contributed by atoms with Crippen molar-refractivity contribution < 1.29 is 14.7 Å². The van der Waals surface area contributed by atoms with Crippen molar-refractivity contribution in [2.75, 3.05) is 0 Å². The molecule has 6 heteroatoms. The van der Waals surface area contributed by atoms with Crippen LogP contribution in [0.2, 0.25) is 5.15 Å². The highest BCUT2D eigenvalue weighted by Gasteiger charge is 2.58. The third-order valence-corrected chi connectivity index (χ3v) is 6.55. The maximum Gasteiger partial charge on any atom is 0.309 e. The van der Waals surface area contributed by atoms with Crippen LogP contribution in [0.5, 0.6) is 0 Å². The summed E-state index contributed by atoms with van der Waals surface area (Å²) in [4.78, 5) is 28.5. The average Bonchev–Trinajstić information content (AvgIpc) is 2.50.